The number of aromatic nitrogens is 1. The van der Waals surface area contributed by atoms with Gasteiger partial charge in [0, 0.05) is 18.5 Å². The SMILES string of the molecule is Cc1ccc(S(=O)(=O)Nc2nc(C(=O)N3CCCCCC3)cs2)cc1. The summed E-state index contributed by atoms with van der Waals surface area (Å²) in [5.74, 6) is -0.126. The number of sulfonamides is 1. The Hall–Kier alpha value is -1.93. The number of nitrogens with one attached hydrogen (secondary N) is 1. The average Bonchev–Trinajstić information content (AvgIpc) is 2.87. The van der Waals surface area contributed by atoms with Crippen molar-refractivity contribution >= 4 is 32.4 Å². The molecule has 6 nitrogen and oxygen atoms in total. The molecule has 25 heavy (non-hydrogen) atoms. The summed E-state index contributed by atoms with van der Waals surface area (Å²) in [6, 6.07) is 6.58. The normalized spacial score (nSPS) is 15.6. The van der Waals surface area contributed by atoms with Gasteiger partial charge in [-0.3, -0.25) is 9.52 Å². The van der Waals surface area contributed by atoms with Crippen LogP contribution in [0, 0.1) is 6.92 Å². The van der Waals surface area contributed by atoms with Gasteiger partial charge in [-0.15, -0.1) is 11.3 Å². The molecule has 0 bridgehead atoms. The highest BCUT2D eigenvalue weighted by molar-refractivity contribution is 7.93. The van der Waals surface area contributed by atoms with Gasteiger partial charge in [-0.05, 0) is 31.9 Å². The maximum atomic E-state index is 12.5. The molecule has 1 aliphatic rings. The lowest BCUT2D eigenvalue weighted by Crippen LogP contribution is -2.32. The molecular weight excluding hydrogens is 358 g/mol. The van der Waals surface area contributed by atoms with Crippen LogP contribution >= 0.6 is 11.3 Å². The van der Waals surface area contributed by atoms with Gasteiger partial charge in [0.2, 0.25) is 0 Å². The molecule has 1 N–H and O–H groups in total. The van der Waals surface area contributed by atoms with E-state index in [9.17, 15) is 13.2 Å². The number of nitrogens with zero attached hydrogens (tertiary/aromatic N) is 2. The van der Waals surface area contributed by atoms with Gasteiger partial charge in [0.15, 0.2) is 5.13 Å². The smallest absolute Gasteiger partial charge is 0.273 e. The first-order chi connectivity index (χ1) is 12.0. The van der Waals surface area contributed by atoms with E-state index >= 15 is 0 Å². The quantitative estimate of drug-likeness (QED) is 0.884. The van der Waals surface area contributed by atoms with Crippen molar-refractivity contribution in [1.29, 1.82) is 0 Å². The number of amides is 1. The van der Waals surface area contributed by atoms with E-state index in [4.69, 9.17) is 0 Å². The number of likely N-dealkylation sites (tertiary alicyclic amines) is 1. The fourth-order valence-corrected chi connectivity index (χ4v) is 4.68. The molecule has 0 spiro atoms. The van der Waals surface area contributed by atoms with Crippen molar-refractivity contribution in [3.63, 3.8) is 0 Å². The van der Waals surface area contributed by atoms with Crippen LogP contribution in [0.5, 0.6) is 0 Å². The number of benzene rings is 1. The first-order valence-corrected chi connectivity index (χ1v) is 10.7. The molecule has 3 rings (SSSR count). The second-order valence-electron chi connectivity index (χ2n) is 6.16. The van der Waals surface area contributed by atoms with E-state index in [2.05, 4.69) is 9.71 Å². The Morgan fingerprint density at radius 2 is 1.76 bits per heavy atom. The van der Waals surface area contributed by atoms with Crippen molar-refractivity contribution in [2.75, 3.05) is 17.8 Å². The van der Waals surface area contributed by atoms with E-state index in [0.29, 0.717) is 5.69 Å². The molecule has 2 aromatic rings. The summed E-state index contributed by atoms with van der Waals surface area (Å²) < 4.78 is 27.3. The van der Waals surface area contributed by atoms with Gasteiger partial charge in [0.05, 0.1) is 4.90 Å². The lowest BCUT2D eigenvalue weighted by atomic mass is 10.2. The zero-order chi connectivity index (χ0) is 17.9. The van der Waals surface area contributed by atoms with E-state index in [1.807, 2.05) is 6.92 Å². The van der Waals surface area contributed by atoms with Gasteiger partial charge in [-0.25, -0.2) is 13.4 Å². The van der Waals surface area contributed by atoms with Crippen molar-refractivity contribution in [3.05, 3.63) is 40.9 Å². The summed E-state index contributed by atoms with van der Waals surface area (Å²) in [6.45, 7) is 3.37. The van der Waals surface area contributed by atoms with Crippen molar-refractivity contribution in [3.8, 4) is 0 Å². The number of hydrogen-bond donors (Lipinski definition) is 1. The number of carbonyl (C=O) groups excluding carboxylic acids is 1. The highest BCUT2D eigenvalue weighted by Crippen LogP contribution is 2.22. The van der Waals surface area contributed by atoms with Crippen molar-refractivity contribution in [2.45, 2.75) is 37.5 Å². The molecular formula is C17H21N3O3S2. The Morgan fingerprint density at radius 3 is 2.40 bits per heavy atom. The molecule has 0 radical (unpaired) electrons. The van der Waals surface area contributed by atoms with Gasteiger partial charge in [-0.2, -0.15) is 0 Å². The molecule has 0 unspecified atom stereocenters. The molecule has 1 fully saturated rings. The summed E-state index contributed by atoms with van der Waals surface area (Å²) in [6.07, 6.45) is 4.29. The number of anilines is 1. The fourth-order valence-electron chi connectivity index (χ4n) is 2.75. The predicted molar refractivity (Wildman–Crippen MR) is 98.5 cm³/mol. The Bertz CT molecular complexity index is 836. The van der Waals surface area contributed by atoms with Crippen LogP contribution in [0.2, 0.25) is 0 Å². The molecule has 134 valence electrons. The number of thiazole rings is 1. The molecule has 8 heteroatoms. The van der Waals surface area contributed by atoms with E-state index < -0.39 is 10.0 Å². The third kappa shape index (κ3) is 4.38. The van der Waals surface area contributed by atoms with Crippen LogP contribution in [0.3, 0.4) is 0 Å². The average molecular weight is 380 g/mol. The summed E-state index contributed by atoms with van der Waals surface area (Å²) in [7, 11) is -3.70. The molecule has 1 saturated heterocycles. The Balaban J connectivity index is 1.72. The van der Waals surface area contributed by atoms with Crippen molar-refractivity contribution < 1.29 is 13.2 Å². The molecule has 1 aliphatic heterocycles. The van der Waals surface area contributed by atoms with E-state index in [1.54, 1.807) is 34.5 Å². The number of aryl methyl sites for hydroxylation is 1. The molecule has 0 aliphatic carbocycles. The lowest BCUT2D eigenvalue weighted by molar-refractivity contribution is 0.0756. The molecule has 1 aromatic carbocycles. The van der Waals surface area contributed by atoms with Crippen LogP contribution in [-0.4, -0.2) is 37.3 Å². The minimum Gasteiger partial charge on any atom is -0.337 e. The second-order valence-corrected chi connectivity index (χ2v) is 8.70. The predicted octanol–water partition coefficient (Wildman–Crippen LogP) is 3.27. The van der Waals surface area contributed by atoms with Crippen molar-refractivity contribution in [1.82, 2.24) is 9.88 Å². The first kappa shape index (κ1) is 17.9. The van der Waals surface area contributed by atoms with Gasteiger partial charge < -0.3 is 4.90 Å². The van der Waals surface area contributed by atoms with E-state index in [0.717, 1.165) is 55.7 Å². The third-order valence-corrected chi connectivity index (χ3v) is 6.41. The van der Waals surface area contributed by atoms with Gasteiger partial charge in [0.25, 0.3) is 15.9 Å². The van der Waals surface area contributed by atoms with Crippen LogP contribution in [-0.2, 0) is 10.0 Å². The first-order valence-electron chi connectivity index (χ1n) is 8.30. The van der Waals surface area contributed by atoms with Gasteiger partial charge >= 0.3 is 0 Å². The molecule has 1 aromatic heterocycles. The summed E-state index contributed by atoms with van der Waals surface area (Å²) in [5.41, 5.74) is 1.28. The topological polar surface area (TPSA) is 79.4 Å². The Kier molecular flexibility index (Phi) is 5.39. The summed E-state index contributed by atoms with van der Waals surface area (Å²) in [4.78, 5) is 18.7. The van der Waals surface area contributed by atoms with Crippen LogP contribution in [0.1, 0.15) is 41.7 Å². The fraction of sp³-hybridized carbons (Fsp3) is 0.412. The number of carbonyl (C=O) groups is 1. The third-order valence-electron chi connectivity index (χ3n) is 4.17. The second kappa shape index (κ2) is 7.53. The molecule has 0 atom stereocenters. The van der Waals surface area contributed by atoms with Gasteiger partial charge in [0.1, 0.15) is 5.69 Å². The summed E-state index contributed by atoms with van der Waals surface area (Å²) >= 11 is 1.12. The minimum absolute atomic E-state index is 0.126. The zero-order valence-electron chi connectivity index (χ0n) is 14.1. The molecule has 0 saturated carbocycles. The number of hydrogen-bond acceptors (Lipinski definition) is 5. The largest absolute Gasteiger partial charge is 0.337 e. The highest BCUT2D eigenvalue weighted by Gasteiger charge is 2.21. The maximum absolute atomic E-state index is 12.5. The standard InChI is InChI=1S/C17H21N3O3S2/c1-13-6-8-14(9-7-13)25(22,23)19-17-18-15(12-24-17)16(21)20-10-4-2-3-5-11-20/h6-9,12H,2-5,10-11H2,1H3,(H,18,19). The monoisotopic (exact) mass is 379 g/mol. The van der Waals surface area contributed by atoms with Crippen LogP contribution in [0.25, 0.3) is 0 Å². The molecule has 1 amide bonds. The Labute approximate surface area is 151 Å². The highest BCUT2D eigenvalue weighted by atomic mass is 32.2. The lowest BCUT2D eigenvalue weighted by Gasteiger charge is -2.18. The minimum atomic E-state index is -3.70. The van der Waals surface area contributed by atoms with Crippen LogP contribution in [0.15, 0.2) is 34.5 Å². The number of rotatable bonds is 4. The van der Waals surface area contributed by atoms with Crippen LogP contribution in [0.4, 0.5) is 5.13 Å². The van der Waals surface area contributed by atoms with Gasteiger partial charge in [-0.1, -0.05) is 30.5 Å². The summed E-state index contributed by atoms with van der Waals surface area (Å²) in [5, 5.41) is 1.82. The zero-order valence-corrected chi connectivity index (χ0v) is 15.7. The van der Waals surface area contributed by atoms with E-state index in [1.165, 1.54) is 0 Å². The molecule has 2 heterocycles. The van der Waals surface area contributed by atoms with Crippen molar-refractivity contribution in [2.24, 2.45) is 0 Å². The Morgan fingerprint density at radius 1 is 1.12 bits per heavy atom. The van der Waals surface area contributed by atoms with E-state index in [-0.39, 0.29) is 15.9 Å². The maximum Gasteiger partial charge on any atom is 0.273 e. The van der Waals surface area contributed by atoms with Crippen LogP contribution < -0.4 is 4.72 Å².